The first-order valence-electron chi connectivity index (χ1n) is 9.63. The molecule has 0 fully saturated rings. The number of aryl methyl sites for hydroxylation is 2. The topological polar surface area (TPSA) is 78.8 Å². The number of aromatic hydroxyl groups is 1. The summed E-state index contributed by atoms with van der Waals surface area (Å²) in [4.78, 5) is 2.50. The molecule has 0 aliphatic heterocycles. The average Bonchev–Trinajstić information content (AvgIpc) is 2.53. The zero-order chi connectivity index (χ0) is 22.2. The van der Waals surface area contributed by atoms with Gasteiger partial charge >= 0.3 is 0 Å². The van der Waals surface area contributed by atoms with Crippen LogP contribution in [-0.2, 0) is 20.9 Å². The van der Waals surface area contributed by atoms with Crippen LogP contribution in [0, 0.1) is 13.8 Å². The third-order valence-corrected chi connectivity index (χ3v) is 6.14. The highest BCUT2D eigenvalue weighted by Gasteiger charge is 2.26. The molecule has 158 valence electrons. The van der Waals surface area contributed by atoms with Gasteiger partial charge in [-0.1, -0.05) is 59.2 Å². The van der Waals surface area contributed by atoms with E-state index in [2.05, 4.69) is 9.93 Å². The SMILES string of the molecule is Cc1ccc(S(=O)(=O)N/N=C/c2cc(C(C)(C)C)c(O)c(C(C)(C)C)c2)c(C)c1. The Hall–Kier alpha value is -2.34. The van der Waals surface area contributed by atoms with Crippen LogP contribution in [-0.4, -0.2) is 19.7 Å². The van der Waals surface area contributed by atoms with Gasteiger partial charge in [-0.05, 0) is 54.0 Å². The largest absolute Gasteiger partial charge is 0.507 e. The van der Waals surface area contributed by atoms with E-state index in [1.807, 2.05) is 66.7 Å². The Morgan fingerprint density at radius 2 is 1.45 bits per heavy atom. The molecule has 2 aromatic rings. The van der Waals surface area contributed by atoms with Crippen LogP contribution in [0.25, 0.3) is 0 Å². The van der Waals surface area contributed by atoms with Gasteiger partial charge in [0, 0.05) is 11.1 Å². The molecule has 0 heterocycles. The lowest BCUT2D eigenvalue weighted by Gasteiger charge is -2.27. The van der Waals surface area contributed by atoms with Crippen molar-refractivity contribution in [2.45, 2.75) is 71.1 Å². The Morgan fingerprint density at radius 3 is 1.90 bits per heavy atom. The lowest BCUT2D eigenvalue weighted by molar-refractivity contribution is 0.423. The number of benzene rings is 2. The molecule has 0 saturated carbocycles. The smallest absolute Gasteiger partial charge is 0.276 e. The van der Waals surface area contributed by atoms with E-state index in [1.54, 1.807) is 19.1 Å². The van der Waals surface area contributed by atoms with Gasteiger partial charge in [-0.25, -0.2) is 4.83 Å². The summed E-state index contributed by atoms with van der Waals surface area (Å²) in [6, 6.07) is 8.86. The molecule has 0 unspecified atom stereocenters. The molecule has 0 atom stereocenters. The lowest BCUT2D eigenvalue weighted by atomic mass is 9.78. The van der Waals surface area contributed by atoms with E-state index < -0.39 is 10.0 Å². The first-order valence-corrected chi connectivity index (χ1v) is 11.1. The Morgan fingerprint density at radius 1 is 0.931 bits per heavy atom. The molecule has 0 radical (unpaired) electrons. The molecule has 2 N–H and O–H groups in total. The molecular formula is C23H32N2O3S. The van der Waals surface area contributed by atoms with Crippen LogP contribution in [0.1, 0.15) is 69.4 Å². The molecule has 5 nitrogen and oxygen atoms in total. The molecule has 0 aliphatic carbocycles. The quantitative estimate of drug-likeness (QED) is 0.549. The zero-order valence-corrected chi connectivity index (χ0v) is 19.4. The number of hydrazone groups is 1. The number of nitrogens with one attached hydrogen (secondary N) is 1. The van der Waals surface area contributed by atoms with Crippen molar-refractivity contribution >= 4 is 16.2 Å². The zero-order valence-electron chi connectivity index (χ0n) is 18.6. The van der Waals surface area contributed by atoms with E-state index in [-0.39, 0.29) is 21.5 Å². The monoisotopic (exact) mass is 416 g/mol. The Balaban J connectivity index is 2.42. The van der Waals surface area contributed by atoms with Crippen molar-refractivity contribution in [3.05, 3.63) is 58.1 Å². The van der Waals surface area contributed by atoms with Gasteiger partial charge in [-0.15, -0.1) is 0 Å². The fraction of sp³-hybridized carbons (Fsp3) is 0.435. The van der Waals surface area contributed by atoms with Crippen molar-refractivity contribution in [1.82, 2.24) is 4.83 Å². The highest BCUT2D eigenvalue weighted by atomic mass is 32.2. The van der Waals surface area contributed by atoms with Gasteiger partial charge in [-0.3, -0.25) is 0 Å². The molecule has 6 heteroatoms. The van der Waals surface area contributed by atoms with Crippen LogP contribution in [0.3, 0.4) is 0 Å². The fourth-order valence-electron chi connectivity index (χ4n) is 3.20. The summed E-state index contributed by atoms with van der Waals surface area (Å²) in [5.41, 5.74) is 3.44. The number of sulfonamides is 1. The van der Waals surface area contributed by atoms with Gasteiger partial charge in [0.2, 0.25) is 0 Å². The van der Waals surface area contributed by atoms with Crippen LogP contribution in [0.15, 0.2) is 40.3 Å². The van der Waals surface area contributed by atoms with Crippen molar-refractivity contribution < 1.29 is 13.5 Å². The lowest BCUT2D eigenvalue weighted by Crippen LogP contribution is -2.20. The Kier molecular flexibility index (Phi) is 6.19. The fourth-order valence-corrected chi connectivity index (χ4v) is 4.21. The molecule has 0 aromatic heterocycles. The summed E-state index contributed by atoms with van der Waals surface area (Å²) >= 11 is 0. The molecule has 0 saturated heterocycles. The Bertz CT molecular complexity index is 1010. The predicted octanol–water partition coefficient (Wildman–Crippen LogP) is 4.92. The molecule has 0 amide bonds. The van der Waals surface area contributed by atoms with E-state index >= 15 is 0 Å². The summed E-state index contributed by atoms with van der Waals surface area (Å²) < 4.78 is 25.2. The van der Waals surface area contributed by atoms with Crippen LogP contribution < -0.4 is 4.83 Å². The molecule has 0 aliphatic rings. The van der Waals surface area contributed by atoms with Gasteiger partial charge in [-0.2, -0.15) is 13.5 Å². The van der Waals surface area contributed by atoms with Crippen molar-refractivity contribution in [2.75, 3.05) is 0 Å². The average molecular weight is 417 g/mol. The van der Waals surface area contributed by atoms with E-state index in [0.717, 1.165) is 22.3 Å². The minimum Gasteiger partial charge on any atom is -0.507 e. The van der Waals surface area contributed by atoms with Gasteiger partial charge in [0.1, 0.15) is 5.75 Å². The van der Waals surface area contributed by atoms with Crippen molar-refractivity contribution in [3.63, 3.8) is 0 Å². The maximum Gasteiger partial charge on any atom is 0.276 e. The van der Waals surface area contributed by atoms with Gasteiger partial charge in [0.15, 0.2) is 0 Å². The molecule has 0 spiro atoms. The van der Waals surface area contributed by atoms with E-state index in [4.69, 9.17) is 0 Å². The van der Waals surface area contributed by atoms with Gasteiger partial charge in [0.05, 0.1) is 11.1 Å². The molecule has 2 rings (SSSR count). The van der Waals surface area contributed by atoms with Crippen LogP contribution >= 0.6 is 0 Å². The number of hydrogen-bond donors (Lipinski definition) is 2. The number of phenolic OH excluding ortho intramolecular Hbond substituents is 1. The second kappa shape index (κ2) is 7.82. The van der Waals surface area contributed by atoms with Crippen LogP contribution in [0.4, 0.5) is 0 Å². The summed E-state index contributed by atoms with van der Waals surface area (Å²) in [7, 11) is -3.76. The summed E-state index contributed by atoms with van der Waals surface area (Å²) in [5.74, 6) is 0.276. The summed E-state index contributed by atoms with van der Waals surface area (Å²) in [6.07, 6.45) is 1.48. The summed E-state index contributed by atoms with van der Waals surface area (Å²) in [6.45, 7) is 15.8. The third kappa shape index (κ3) is 5.38. The van der Waals surface area contributed by atoms with Gasteiger partial charge in [0.25, 0.3) is 10.0 Å². The second-order valence-electron chi connectivity index (χ2n) is 9.59. The normalized spacial score (nSPS) is 13.1. The molecule has 29 heavy (non-hydrogen) atoms. The number of nitrogens with zero attached hydrogens (tertiary/aromatic N) is 1. The number of hydrogen-bond acceptors (Lipinski definition) is 4. The first kappa shape index (κ1) is 22.9. The van der Waals surface area contributed by atoms with E-state index in [9.17, 15) is 13.5 Å². The van der Waals surface area contributed by atoms with E-state index in [1.165, 1.54) is 6.21 Å². The minimum absolute atomic E-state index is 0.205. The highest BCUT2D eigenvalue weighted by molar-refractivity contribution is 7.89. The summed E-state index contributed by atoms with van der Waals surface area (Å²) in [5, 5.41) is 14.8. The molecular weight excluding hydrogens is 384 g/mol. The number of rotatable bonds is 4. The van der Waals surface area contributed by atoms with Crippen LogP contribution in [0.2, 0.25) is 0 Å². The highest BCUT2D eigenvalue weighted by Crippen LogP contribution is 2.39. The van der Waals surface area contributed by atoms with Gasteiger partial charge < -0.3 is 5.11 Å². The molecule has 0 bridgehead atoms. The van der Waals surface area contributed by atoms with Crippen molar-refractivity contribution in [1.29, 1.82) is 0 Å². The molecule has 2 aromatic carbocycles. The number of phenols is 1. The second-order valence-corrected chi connectivity index (χ2v) is 11.2. The standard InChI is InChI=1S/C23H32N2O3S/c1-15-9-10-20(16(2)11-15)29(27,28)25-24-14-17-12-18(22(3,4)5)21(26)19(13-17)23(6,7)8/h9-14,25-26H,1-8H3/b24-14+. The van der Waals surface area contributed by atoms with Crippen LogP contribution in [0.5, 0.6) is 5.75 Å². The van der Waals surface area contributed by atoms with Crippen molar-refractivity contribution in [2.24, 2.45) is 5.10 Å². The third-order valence-electron chi connectivity index (χ3n) is 4.75. The maximum atomic E-state index is 12.6. The predicted molar refractivity (Wildman–Crippen MR) is 119 cm³/mol. The van der Waals surface area contributed by atoms with E-state index in [0.29, 0.717) is 5.56 Å². The maximum absolute atomic E-state index is 12.6. The Labute approximate surface area is 174 Å². The van der Waals surface area contributed by atoms with Crippen molar-refractivity contribution in [3.8, 4) is 5.75 Å². The first-order chi connectivity index (χ1) is 13.1. The minimum atomic E-state index is -3.76.